The Morgan fingerprint density at radius 3 is 2.10 bits per heavy atom. The summed E-state index contributed by atoms with van der Waals surface area (Å²) in [5.74, 6) is -3.60. The number of benzene rings is 1. The summed E-state index contributed by atoms with van der Waals surface area (Å²) in [7, 11) is 1.73. The zero-order valence-corrected chi connectivity index (χ0v) is 38.9. The number of ether oxygens (including phenoxy) is 3. The van der Waals surface area contributed by atoms with Gasteiger partial charge in [0.1, 0.15) is 29.5 Å². The normalized spacial score (nSPS) is 37.2. The van der Waals surface area contributed by atoms with Crippen molar-refractivity contribution in [2.75, 3.05) is 13.7 Å². The van der Waals surface area contributed by atoms with Gasteiger partial charge in [-0.25, -0.2) is 4.79 Å². The van der Waals surface area contributed by atoms with Gasteiger partial charge < -0.3 is 40.0 Å². The van der Waals surface area contributed by atoms with Gasteiger partial charge in [-0.3, -0.25) is 9.59 Å². The van der Waals surface area contributed by atoms with Gasteiger partial charge in [-0.2, -0.15) is 0 Å². The topological polar surface area (TPSA) is 172 Å². The molecule has 5 N–H and O–H groups in total. The Morgan fingerprint density at radius 2 is 1.58 bits per heavy atom. The van der Waals surface area contributed by atoms with Crippen LogP contribution in [0.1, 0.15) is 78.6 Å². The summed E-state index contributed by atoms with van der Waals surface area (Å²) in [5, 5.41) is 51.9. The molecule has 1 aliphatic heterocycles. The minimum atomic E-state index is -2.12. The second-order valence-corrected chi connectivity index (χ2v) is 15.5. The van der Waals surface area contributed by atoms with E-state index in [-0.39, 0.29) is 119 Å². The zero-order valence-electron chi connectivity index (χ0n) is 29.4. The molecular formula is C35H49Ac2NO10. The zero-order chi connectivity index (χ0) is 34.4. The fraction of sp³-hybridized carbons (Fsp3) is 0.686. The van der Waals surface area contributed by atoms with Gasteiger partial charge in [-0.05, 0) is 71.9 Å². The third-order valence-corrected chi connectivity index (χ3v) is 12.6. The van der Waals surface area contributed by atoms with Gasteiger partial charge in [0.2, 0.25) is 0 Å². The van der Waals surface area contributed by atoms with Crippen LogP contribution in [0.5, 0.6) is 0 Å². The number of ketones is 1. The molecule has 13 heteroatoms. The molecular weight excluding hydrogens is 1050 g/mol. The predicted molar refractivity (Wildman–Crippen MR) is 166 cm³/mol. The molecule has 8 unspecified atom stereocenters. The van der Waals surface area contributed by atoms with Crippen LogP contribution in [0.25, 0.3) is 0 Å². The summed E-state index contributed by atoms with van der Waals surface area (Å²) in [6.07, 6.45) is -7.28. The number of carbonyl (C=O) groups excluding carboxylic acids is 3. The van der Waals surface area contributed by atoms with Crippen molar-refractivity contribution in [3.8, 4) is 0 Å². The SMILES string of the molecule is CNC(C)(C)C(C)(C)C(=O)OC1CC2(O)C(OC(=O)c3ccccc3)C3C4(O)COC4CC(O)[C@@]3(C)C(=O)C(O)C(=C1C)C2(C)C.[Ac].[Ac]. The summed E-state index contributed by atoms with van der Waals surface area (Å²) < 4.78 is 18.0. The van der Waals surface area contributed by atoms with Crippen molar-refractivity contribution in [3.05, 3.63) is 47.0 Å². The van der Waals surface area contributed by atoms with Crippen molar-refractivity contribution in [1.29, 1.82) is 0 Å². The molecule has 9 atom stereocenters. The number of nitrogens with one attached hydrogen (secondary N) is 1. The van der Waals surface area contributed by atoms with E-state index in [1.54, 1.807) is 72.0 Å². The first-order valence-corrected chi connectivity index (χ1v) is 16.0. The van der Waals surface area contributed by atoms with Crippen LogP contribution in [-0.4, -0.2) is 99.1 Å². The number of esters is 2. The van der Waals surface area contributed by atoms with Crippen molar-refractivity contribution in [3.63, 3.8) is 0 Å². The second-order valence-electron chi connectivity index (χ2n) is 15.5. The Labute approximate surface area is 354 Å². The summed E-state index contributed by atoms with van der Waals surface area (Å²) in [4.78, 5) is 42.2. The molecule has 1 aromatic carbocycles. The second kappa shape index (κ2) is 14.2. The van der Waals surface area contributed by atoms with E-state index in [2.05, 4.69) is 5.32 Å². The summed E-state index contributed by atoms with van der Waals surface area (Å²) in [6.45, 7) is 13.3. The van der Waals surface area contributed by atoms with E-state index in [1.807, 2.05) is 13.8 Å². The first-order valence-electron chi connectivity index (χ1n) is 16.0. The molecule has 0 amide bonds. The van der Waals surface area contributed by atoms with E-state index in [9.17, 15) is 34.8 Å². The Kier molecular flexibility index (Phi) is 12.6. The number of hydrogen-bond donors (Lipinski definition) is 5. The average Bonchev–Trinajstić information content (AvgIpc) is 2.99. The molecule has 3 fully saturated rings. The minimum absolute atomic E-state index is 0. The number of aliphatic hydroxyl groups is 4. The fourth-order valence-electron chi connectivity index (χ4n) is 8.22. The number of aliphatic hydroxyl groups excluding tert-OH is 2. The Bertz CT molecular complexity index is 1460. The fourth-order valence-corrected chi connectivity index (χ4v) is 8.22. The molecule has 5 rings (SSSR count). The molecule has 2 radical (unpaired) electrons. The number of fused-ring (bicyclic) bond motifs is 5. The minimum Gasteiger partial charge on any atom is -0.457 e. The van der Waals surface area contributed by atoms with Crippen LogP contribution in [0.3, 0.4) is 0 Å². The van der Waals surface area contributed by atoms with Crippen LogP contribution in [-0.2, 0) is 23.8 Å². The van der Waals surface area contributed by atoms with Crippen molar-refractivity contribution < 1.29 is 137 Å². The van der Waals surface area contributed by atoms with E-state index in [0.717, 1.165) is 0 Å². The average molecular weight is 1100 g/mol. The Morgan fingerprint density at radius 1 is 1.00 bits per heavy atom. The van der Waals surface area contributed by atoms with E-state index in [1.165, 1.54) is 6.92 Å². The Balaban J connectivity index is 0.00000312. The third kappa shape index (κ3) is 6.12. The molecule has 4 aliphatic rings. The van der Waals surface area contributed by atoms with E-state index in [0.29, 0.717) is 5.57 Å². The van der Waals surface area contributed by atoms with Crippen LogP contribution >= 0.6 is 0 Å². The number of carbonyl (C=O) groups is 3. The molecule has 2 bridgehead atoms. The van der Waals surface area contributed by atoms with Crippen molar-refractivity contribution in [2.24, 2.45) is 22.2 Å². The van der Waals surface area contributed by atoms with E-state index < -0.39 is 87.1 Å². The van der Waals surface area contributed by atoms with Gasteiger partial charge in [-0.15, -0.1) is 0 Å². The summed E-state index contributed by atoms with van der Waals surface area (Å²) >= 11 is 0. The maximum atomic E-state index is 14.5. The van der Waals surface area contributed by atoms with Crippen molar-refractivity contribution in [2.45, 2.75) is 115 Å². The standard InChI is InChI=1S/C35H49NO10.2Ac/c1-18-20(45-29(41)31(4,5)32(6,7)36-9)16-35(43)27(46-28(40)19-13-11-10-12-14-19)25-33(8,21(37)15-22-34(25,42)17-44-22)26(39)24(38)23(18)30(35,2)3;;/h10-14,20-22,24-25,27,36-38,42-43H,15-17H2,1-9H3;;/t20?,21?,22?,24?,25?,27?,33-,34?,35?;;/m1../s1. The molecule has 0 spiro atoms. The molecule has 2 saturated carbocycles. The molecule has 3 aliphatic carbocycles. The van der Waals surface area contributed by atoms with Gasteiger partial charge in [0.05, 0.1) is 35.2 Å². The van der Waals surface area contributed by atoms with Crippen LogP contribution in [0.2, 0.25) is 0 Å². The van der Waals surface area contributed by atoms with Crippen LogP contribution in [0.15, 0.2) is 41.5 Å². The molecule has 0 aromatic heterocycles. The third-order valence-electron chi connectivity index (χ3n) is 12.6. The van der Waals surface area contributed by atoms with Gasteiger partial charge in [-0.1, -0.05) is 32.0 Å². The van der Waals surface area contributed by atoms with E-state index in [4.69, 9.17) is 14.2 Å². The number of Topliss-reactive ketones (excluding diaryl/α,β-unsaturated/α-hetero) is 1. The molecule has 11 nitrogen and oxygen atoms in total. The van der Waals surface area contributed by atoms with Crippen LogP contribution in [0.4, 0.5) is 0 Å². The smallest absolute Gasteiger partial charge is 0.338 e. The molecule has 1 aromatic rings. The molecule has 260 valence electrons. The van der Waals surface area contributed by atoms with Crippen LogP contribution in [0, 0.1) is 110 Å². The maximum Gasteiger partial charge on any atom is 0.338 e. The predicted octanol–water partition coefficient (Wildman–Crippen LogP) is 2.09. The molecule has 1 heterocycles. The number of hydrogen-bond acceptors (Lipinski definition) is 11. The quantitative estimate of drug-likeness (QED) is 0.209. The first kappa shape index (κ1) is 42.6. The molecule has 1 saturated heterocycles. The van der Waals surface area contributed by atoms with Crippen molar-refractivity contribution in [1.82, 2.24) is 5.32 Å². The Hall–Kier alpha value is 0.213. The van der Waals surface area contributed by atoms with Crippen LogP contribution < -0.4 is 5.32 Å². The maximum absolute atomic E-state index is 14.5. The van der Waals surface area contributed by atoms with E-state index >= 15 is 0 Å². The monoisotopic (exact) mass is 1100 g/mol. The first-order chi connectivity index (χ1) is 21.1. The van der Waals surface area contributed by atoms with Crippen molar-refractivity contribution >= 4 is 17.7 Å². The van der Waals surface area contributed by atoms with Gasteiger partial charge in [0, 0.05) is 118 Å². The largest absolute Gasteiger partial charge is 0.457 e. The molecule has 48 heavy (non-hydrogen) atoms. The number of rotatable bonds is 6. The van der Waals surface area contributed by atoms with Gasteiger partial charge >= 0.3 is 11.9 Å². The van der Waals surface area contributed by atoms with Gasteiger partial charge in [0.25, 0.3) is 0 Å². The summed E-state index contributed by atoms with van der Waals surface area (Å²) in [5.41, 5.74) is -8.33. The summed E-state index contributed by atoms with van der Waals surface area (Å²) in [6, 6.07) is 8.12. The van der Waals surface area contributed by atoms with Gasteiger partial charge in [0.15, 0.2) is 5.78 Å².